The second-order valence-electron chi connectivity index (χ2n) is 2.63. The molecule has 0 unspecified atom stereocenters. The van der Waals surface area contributed by atoms with E-state index in [1.165, 1.54) is 0 Å². The van der Waals surface area contributed by atoms with Crippen molar-refractivity contribution in [2.45, 2.75) is 0 Å². The van der Waals surface area contributed by atoms with E-state index in [1.807, 2.05) is 0 Å². The van der Waals surface area contributed by atoms with Gasteiger partial charge in [-0.1, -0.05) is 0 Å². The molecule has 4 nitrogen and oxygen atoms in total. The SMILES string of the molecule is O=P(O)(O)O.[SiH3][SiH2][SiH3].[SiH3][SiH2][SiH3].[SiH3][SiH2][SiH3]. The minimum absolute atomic E-state index is 0.694. The largest absolute Gasteiger partial charge is 0.466 e. The Morgan fingerprint density at radius 1 is 0.714 bits per heavy atom. The molecule has 0 aliphatic rings. The van der Waals surface area contributed by atoms with E-state index in [0.717, 1.165) is 0 Å². The van der Waals surface area contributed by atoms with Gasteiger partial charge in [0.1, 0.15) is 0 Å². The minimum Gasteiger partial charge on any atom is -0.303 e. The van der Waals surface area contributed by atoms with Crippen LogP contribution in [-0.4, -0.2) is 98.9 Å². The van der Waals surface area contributed by atoms with E-state index in [0.29, 0.717) is 25.7 Å². The zero-order chi connectivity index (χ0) is 12.6. The van der Waals surface area contributed by atoms with Crippen LogP contribution in [0.25, 0.3) is 0 Å². The third kappa shape index (κ3) is 564. The van der Waals surface area contributed by atoms with Crippen LogP contribution < -0.4 is 0 Å². The summed E-state index contributed by atoms with van der Waals surface area (Å²) in [5.74, 6) is 0. The molecule has 0 saturated heterocycles. The third-order valence-corrected chi connectivity index (χ3v) is 0. The van der Waals surface area contributed by atoms with Crippen molar-refractivity contribution in [2.24, 2.45) is 0 Å². The van der Waals surface area contributed by atoms with Crippen LogP contribution in [0, 0.1) is 0 Å². The minimum atomic E-state index is -4.64. The predicted octanol–water partition coefficient (Wildman–Crippen LogP) is -10.8. The van der Waals surface area contributed by atoms with Crippen molar-refractivity contribution in [3.8, 4) is 0 Å². The molecule has 0 rings (SSSR count). The van der Waals surface area contributed by atoms with Crippen LogP contribution in [0.1, 0.15) is 0 Å². The Labute approximate surface area is 111 Å². The van der Waals surface area contributed by atoms with Crippen LogP contribution in [0.15, 0.2) is 0 Å². The van der Waals surface area contributed by atoms with E-state index in [2.05, 4.69) is 0 Å². The molecule has 0 atom stereocenters. The van der Waals surface area contributed by atoms with E-state index in [1.54, 1.807) is 58.6 Å². The maximum Gasteiger partial charge on any atom is 0.466 e. The van der Waals surface area contributed by atoms with E-state index in [9.17, 15) is 0 Å². The second-order valence-corrected chi connectivity index (χ2v) is 58.8. The lowest BCUT2D eigenvalue weighted by atomic mass is 15.8. The van der Waals surface area contributed by atoms with Gasteiger partial charge < -0.3 is 14.7 Å². The summed E-state index contributed by atoms with van der Waals surface area (Å²) in [5.41, 5.74) is 0. The molecule has 0 aromatic heterocycles. The van der Waals surface area contributed by atoms with Crippen LogP contribution in [-0.2, 0) is 4.57 Å². The summed E-state index contributed by atoms with van der Waals surface area (Å²) in [5, 5.41) is 0. The molecule has 0 bridgehead atoms. The molecule has 3 N–H and O–H groups in total. The molecule has 92 valence electrons. The smallest absolute Gasteiger partial charge is 0.303 e. The highest BCUT2D eigenvalue weighted by atomic mass is 31.2. The summed E-state index contributed by atoms with van der Waals surface area (Å²) in [6, 6.07) is 0. The van der Waals surface area contributed by atoms with Crippen LogP contribution in [0.4, 0.5) is 0 Å². The molecule has 14 heteroatoms. The van der Waals surface area contributed by atoms with Crippen molar-refractivity contribution in [1.82, 2.24) is 0 Å². The quantitative estimate of drug-likeness (QED) is 0.291. The summed E-state index contributed by atoms with van der Waals surface area (Å²) < 4.78 is 8.88. The fourth-order valence-corrected chi connectivity index (χ4v) is 0. The highest BCUT2D eigenvalue weighted by molar-refractivity contribution is 7.45. The Kier molecular flexibility index (Phi) is 43.5. The van der Waals surface area contributed by atoms with Crippen molar-refractivity contribution in [1.29, 1.82) is 0 Å². The highest BCUT2D eigenvalue weighted by Gasteiger charge is 2.00. The third-order valence-electron chi connectivity index (χ3n) is 0. The monoisotopic (exact) mass is 374 g/mol. The maximum absolute atomic E-state index is 8.88. The summed E-state index contributed by atoms with van der Waals surface area (Å²) in [6.07, 6.45) is 0. The number of rotatable bonds is 0. The van der Waals surface area contributed by atoms with Gasteiger partial charge in [-0.15, -0.1) is 0 Å². The lowest BCUT2D eigenvalue weighted by Gasteiger charge is -1.82. The fourth-order valence-electron chi connectivity index (χ4n) is 0. The normalized spacial score (nSPS) is 11.9. The molecule has 14 heavy (non-hydrogen) atoms. The zero-order valence-electron chi connectivity index (χ0n) is 10.3. The van der Waals surface area contributed by atoms with Crippen molar-refractivity contribution in [3.05, 3.63) is 0 Å². The van der Waals surface area contributed by atoms with Crippen molar-refractivity contribution in [3.63, 3.8) is 0 Å². The van der Waals surface area contributed by atoms with Crippen molar-refractivity contribution >= 4 is 92.0 Å². The molecule has 0 aliphatic carbocycles. The zero-order valence-corrected chi connectivity index (χ0v) is 27.5. The lowest BCUT2D eigenvalue weighted by Crippen LogP contribution is -1.79. The Bertz CT molecular complexity index is 88.0. The van der Waals surface area contributed by atoms with Gasteiger partial charge in [0.2, 0.25) is 0 Å². The topological polar surface area (TPSA) is 77.8 Å². The first kappa shape index (κ1) is 25.0. The van der Waals surface area contributed by atoms with Crippen LogP contribution in [0.3, 0.4) is 0 Å². The molecular formula is H27O4PSi9. The molecule has 0 spiro atoms. The first-order valence-corrected chi connectivity index (χ1v) is 40.5. The van der Waals surface area contributed by atoms with E-state index in [4.69, 9.17) is 19.2 Å². The molecular weight excluding hydrogens is 348 g/mol. The van der Waals surface area contributed by atoms with Crippen LogP contribution in [0.2, 0.25) is 0 Å². The molecule has 0 fully saturated rings. The van der Waals surface area contributed by atoms with Crippen LogP contribution >= 0.6 is 7.82 Å². The maximum atomic E-state index is 8.88. The van der Waals surface area contributed by atoms with Gasteiger partial charge in [-0.25, -0.2) is 4.57 Å². The first-order valence-electron chi connectivity index (χ1n) is 5.03. The molecule has 0 heterocycles. The predicted molar refractivity (Wildman–Crippen MR) is 99.5 cm³/mol. The second kappa shape index (κ2) is 24.3. The summed E-state index contributed by atoms with van der Waals surface area (Å²) in [6.45, 7) is 0. The lowest BCUT2D eigenvalue weighted by molar-refractivity contribution is 0.275. The molecule has 0 saturated carbocycles. The van der Waals surface area contributed by atoms with Gasteiger partial charge in [-0.2, -0.15) is 0 Å². The van der Waals surface area contributed by atoms with Gasteiger partial charge in [-0.05, 0) is 84.2 Å². The van der Waals surface area contributed by atoms with E-state index >= 15 is 0 Å². The Morgan fingerprint density at radius 3 is 0.714 bits per heavy atom. The average molecular weight is 375 g/mol. The Balaban J connectivity index is -0.0000000495. The van der Waals surface area contributed by atoms with Gasteiger partial charge in [0, 0.05) is 0 Å². The molecule has 0 radical (unpaired) electrons. The summed E-state index contributed by atoms with van der Waals surface area (Å²) in [4.78, 5) is 21.6. The number of hydrogen-bond acceptors (Lipinski definition) is 1. The van der Waals surface area contributed by atoms with Gasteiger partial charge in [0.25, 0.3) is 0 Å². The average Bonchev–Trinajstić information content (AvgIpc) is 1.86. The summed E-state index contributed by atoms with van der Waals surface area (Å²) >= 11 is 0. The van der Waals surface area contributed by atoms with Gasteiger partial charge >= 0.3 is 7.82 Å². The van der Waals surface area contributed by atoms with Crippen LogP contribution in [0.5, 0.6) is 0 Å². The number of phosphoric acid groups is 1. The Morgan fingerprint density at radius 2 is 0.714 bits per heavy atom. The molecule has 0 amide bonds. The Hall–Kier alpha value is 2.06. The molecule has 0 aromatic rings. The first-order chi connectivity index (χ1) is 6.24. The van der Waals surface area contributed by atoms with Crippen molar-refractivity contribution < 1.29 is 19.2 Å². The van der Waals surface area contributed by atoms with E-state index in [-0.39, 0.29) is 0 Å². The fraction of sp³-hybridized carbons (Fsp3) is 0. The van der Waals surface area contributed by atoms with E-state index < -0.39 is 7.82 Å². The molecule has 0 aromatic carbocycles. The van der Waals surface area contributed by atoms with Gasteiger partial charge in [0.15, 0.2) is 0 Å². The summed E-state index contributed by atoms with van der Waals surface area (Å²) in [7, 11) is 6.86. The van der Waals surface area contributed by atoms with Gasteiger partial charge in [-0.3, -0.25) is 0 Å². The molecule has 0 aliphatic heterocycles. The standard InChI is InChI=1S/H3O4P.3H8Si3/c1-5(2,3)4;3*1-3-2/h(H3,1,2,3,4);3*3H2,1-2H3. The van der Waals surface area contributed by atoms with Gasteiger partial charge in [0.05, 0.1) is 0 Å². The van der Waals surface area contributed by atoms with Crippen molar-refractivity contribution in [2.75, 3.05) is 0 Å². The highest BCUT2D eigenvalue weighted by Crippen LogP contribution is 2.25. The number of hydrogen-bond donors (Lipinski definition) is 3.